The maximum absolute atomic E-state index is 3.57. The van der Waals surface area contributed by atoms with Gasteiger partial charge in [0.2, 0.25) is 0 Å². The van der Waals surface area contributed by atoms with E-state index in [0.29, 0.717) is 0 Å². The second-order valence-corrected chi connectivity index (χ2v) is 8.87. The van der Waals surface area contributed by atoms with Crippen molar-refractivity contribution < 1.29 is 0 Å². The number of nitrogens with one attached hydrogen (secondary N) is 6. The van der Waals surface area contributed by atoms with Crippen LogP contribution in [-0.2, 0) is 13.1 Å². The summed E-state index contributed by atoms with van der Waals surface area (Å²) in [6.45, 7) is 18.9. The van der Waals surface area contributed by atoms with E-state index in [1.165, 1.54) is 11.1 Å². The Morgan fingerprint density at radius 1 is 0.400 bits per heavy atom. The molecule has 1 aromatic rings. The highest BCUT2D eigenvalue weighted by atomic mass is 35.5. The lowest BCUT2D eigenvalue weighted by atomic mass is 10.1. The van der Waals surface area contributed by atoms with Gasteiger partial charge in [0, 0.05) is 118 Å². The zero-order valence-electron chi connectivity index (χ0n) is 23.2. The fourth-order valence-electron chi connectivity index (χ4n) is 4.29. The number of hydrogen-bond donors (Lipinski definition) is 6. The third kappa shape index (κ3) is 25.7. The Morgan fingerprint density at radius 3 is 0.925 bits per heavy atom. The normalized spacial score (nSPS) is 18.2. The zero-order valence-corrected chi connectivity index (χ0v) is 29.7. The molecule has 2 fully saturated rings. The van der Waals surface area contributed by atoms with Crippen molar-refractivity contribution in [1.82, 2.24) is 41.7 Å². The van der Waals surface area contributed by atoms with E-state index in [-0.39, 0.29) is 99.3 Å². The van der Waals surface area contributed by atoms with Crippen LogP contribution in [0.4, 0.5) is 0 Å². The van der Waals surface area contributed by atoms with Crippen molar-refractivity contribution in [2.45, 2.75) is 13.1 Å². The Balaban J connectivity index is -0.000000361. The SMILES string of the molecule is Cl.Cl.Cl.Cl.Cl.Cl.Cl.Cl.c1cc(CN2CCNCCNCCNCC2)cc(CN2CCNCCNCCNCC2)c1. The molecule has 0 radical (unpaired) electrons. The summed E-state index contributed by atoms with van der Waals surface area (Å²) >= 11 is 0. The van der Waals surface area contributed by atoms with Crippen LogP contribution in [0, 0.1) is 0 Å². The van der Waals surface area contributed by atoms with E-state index >= 15 is 0 Å². The number of benzene rings is 1. The monoisotopic (exact) mass is 734 g/mol. The molecule has 0 aliphatic carbocycles. The molecular formula is C24H54Cl8N8. The Hall–Kier alpha value is 1.22. The summed E-state index contributed by atoms with van der Waals surface area (Å²) in [6.07, 6.45) is 0. The van der Waals surface area contributed by atoms with Gasteiger partial charge in [-0.05, 0) is 11.1 Å². The van der Waals surface area contributed by atoms with Gasteiger partial charge in [0.15, 0.2) is 0 Å². The summed E-state index contributed by atoms with van der Waals surface area (Å²) in [4.78, 5) is 5.15. The van der Waals surface area contributed by atoms with Gasteiger partial charge < -0.3 is 31.9 Å². The van der Waals surface area contributed by atoms with Crippen LogP contribution in [0.15, 0.2) is 24.3 Å². The van der Waals surface area contributed by atoms with Crippen molar-refractivity contribution in [1.29, 1.82) is 0 Å². The van der Waals surface area contributed by atoms with Crippen molar-refractivity contribution in [2.75, 3.05) is 105 Å². The fraction of sp³-hybridized carbons (Fsp3) is 0.750. The molecule has 0 atom stereocenters. The molecule has 3 rings (SSSR count). The summed E-state index contributed by atoms with van der Waals surface area (Å²) in [5.74, 6) is 0. The van der Waals surface area contributed by atoms with Crippen LogP contribution in [0.5, 0.6) is 0 Å². The molecule has 2 aliphatic rings. The molecule has 1 aromatic carbocycles. The van der Waals surface area contributed by atoms with Crippen LogP contribution in [0.2, 0.25) is 0 Å². The van der Waals surface area contributed by atoms with Crippen molar-refractivity contribution in [3.8, 4) is 0 Å². The molecule has 0 saturated carbocycles. The van der Waals surface area contributed by atoms with E-state index < -0.39 is 0 Å². The van der Waals surface area contributed by atoms with Gasteiger partial charge in [-0.3, -0.25) is 9.80 Å². The van der Waals surface area contributed by atoms with Crippen molar-refractivity contribution in [3.05, 3.63) is 35.4 Å². The van der Waals surface area contributed by atoms with E-state index in [4.69, 9.17) is 0 Å². The van der Waals surface area contributed by atoms with Crippen LogP contribution < -0.4 is 31.9 Å². The highest BCUT2D eigenvalue weighted by Crippen LogP contribution is 2.11. The summed E-state index contributed by atoms with van der Waals surface area (Å²) < 4.78 is 0. The molecule has 0 amide bonds. The van der Waals surface area contributed by atoms with Gasteiger partial charge in [0.1, 0.15) is 0 Å². The van der Waals surface area contributed by atoms with Gasteiger partial charge in [0.05, 0.1) is 0 Å². The summed E-state index contributed by atoms with van der Waals surface area (Å²) in [5, 5.41) is 21.2. The Labute approximate surface area is 292 Å². The number of hydrogen-bond acceptors (Lipinski definition) is 8. The second kappa shape index (κ2) is 36.4. The quantitative estimate of drug-likeness (QED) is 0.281. The molecule has 8 nitrogen and oxygen atoms in total. The lowest BCUT2D eigenvalue weighted by Gasteiger charge is -2.25. The molecule has 0 spiro atoms. The first kappa shape index (κ1) is 53.8. The minimum absolute atomic E-state index is 0. The predicted octanol–water partition coefficient (Wildman–Crippen LogP) is 2.23. The van der Waals surface area contributed by atoms with E-state index in [1.807, 2.05) is 0 Å². The smallest absolute Gasteiger partial charge is 0.0234 e. The molecule has 2 aliphatic heterocycles. The number of rotatable bonds is 4. The van der Waals surface area contributed by atoms with Gasteiger partial charge in [-0.1, -0.05) is 24.3 Å². The minimum atomic E-state index is 0. The molecule has 40 heavy (non-hydrogen) atoms. The maximum atomic E-state index is 3.57. The van der Waals surface area contributed by atoms with E-state index in [1.54, 1.807) is 0 Å². The van der Waals surface area contributed by atoms with Crippen LogP contribution in [0.1, 0.15) is 11.1 Å². The van der Waals surface area contributed by atoms with Crippen LogP contribution in [0.25, 0.3) is 0 Å². The van der Waals surface area contributed by atoms with Gasteiger partial charge >= 0.3 is 0 Å². The second-order valence-electron chi connectivity index (χ2n) is 8.87. The molecule has 0 bridgehead atoms. The van der Waals surface area contributed by atoms with Crippen LogP contribution in [0.3, 0.4) is 0 Å². The fourth-order valence-corrected chi connectivity index (χ4v) is 4.29. The first-order valence-corrected chi connectivity index (χ1v) is 12.7. The van der Waals surface area contributed by atoms with Gasteiger partial charge in [-0.25, -0.2) is 0 Å². The Kier molecular flexibility index (Phi) is 48.9. The molecule has 2 saturated heterocycles. The highest BCUT2D eigenvalue weighted by Gasteiger charge is 2.10. The largest absolute Gasteiger partial charge is 0.314 e. The zero-order chi connectivity index (χ0) is 22.1. The van der Waals surface area contributed by atoms with Crippen molar-refractivity contribution in [2.24, 2.45) is 0 Å². The van der Waals surface area contributed by atoms with E-state index in [9.17, 15) is 0 Å². The van der Waals surface area contributed by atoms with Crippen molar-refractivity contribution >= 4 is 99.3 Å². The first-order chi connectivity index (χ1) is 15.9. The number of halogens is 8. The molecule has 0 unspecified atom stereocenters. The molecule has 246 valence electrons. The average Bonchev–Trinajstić information content (AvgIpc) is 2.78. The lowest BCUT2D eigenvalue weighted by Crippen LogP contribution is -2.41. The van der Waals surface area contributed by atoms with Gasteiger partial charge in [-0.15, -0.1) is 99.3 Å². The van der Waals surface area contributed by atoms with E-state index in [2.05, 4.69) is 66.0 Å². The molecule has 0 aromatic heterocycles. The summed E-state index contributed by atoms with van der Waals surface area (Å²) in [5.41, 5.74) is 2.85. The topological polar surface area (TPSA) is 78.7 Å². The van der Waals surface area contributed by atoms with Gasteiger partial charge in [-0.2, -0.15) is 0 Å². The standard InChI is InChI=1S/C24H46N8.8ClH/c1-2-23(21-31-16-12-27-8-4-25-5-9-28-13-17-31)20-24(3-1)22-32-18-14-29-10-6-26-7-11-30-15-19-32;;;;;;;;/h1-3,20,25-30H,4-19,21-22H2;8*1H. The minimum Gasteiger partial charge on any atom is -0.314 e. The average molecular weight is 738 g/mol. The molecule has 16 heteroatoms. The molecule has 6 N–H and O–H groups in total. The van der Waals surface area contributed by atoms with Crippen LogP contribution in [-0.4, -0.2) is 115 Å². The highest BCUT2D eigenvalue weighted by molar-refractivity contribution is 5.86. The lowest BCUT2D eigenvalue weighted by molar-refractivity contribution is 0.259. The van der Waals surface area contributed by atoms with Crippen molar-refractivity contribution in [3.63, 3.8) is 0 Å². The Morgan fingerprint density at radius 2 is 0.650 bits per heavy atom. The third-order valence-corrected chi connectivity index (χ3v) is 6.14. The molecular weight excluding hydrogens is 684 g/mol. The summed E-state index contributed by atoms with van der Waals surface area (Å²) in [6, 6.07) is 9.23. The van der Waals surface area contributed by atoms with Gasteiger partial charge in [0.25, 0.3) is 0 Å². The van der Waals surface area contributed by atoms with E-state index in [0.717, 1.165) is 118 Å². The maximum Gasteiger partial charge on any atom is 0.0234 e. The predicted molar refractivity (Wildman–Crippen MR) is 192 cm³/mol. The Bertz CT molecular complexity index is 557. The molecule has 2 heterocycles. The van der Waals surface area contributed by atoms with Crippen LogP contribution >= 0.6 is 99.3 Å². The third-order valence-electron chi connectivity index (χ3n) is 6.14. The number of nitrogens with zero attached hydrogens (tertiary/aromatic N) is 2. The summed E-state index contributed by atoms with van der Waals surface area (Å²) in [7, 11) is 0. The first-order valence-electron chi connectivity index (χ1n) is 12.7.